The average Bonchev–Trinajstić information content (AvgIpc) is 2.97. The molecule has 1 aliphatic heterocycles. The van der Waals surface area contributed by atoms with Crippen molar-refractivity contribution in [2.24, 2.45) is 5.73 Å². The van der Waals surface area contributed by atoms with Crippen LogP contribution in [0.15, 0.2) is 18.5 Å². The highest BCUT2D eigenvalue weighted by molar-refractivity contribution is 5.90. The standard InChI is InChI=1S/C12H16N4/c13-7-9-8-15-12-10(3-4-14-11(9)12)16-5-1-2-6-16/h3-4,8,15H,1-2,5-7,13H2. The number of hydrogen-bond donors (Lipinski definition) is 2. The average molecular weight is 216 g/mol. The zero-order valence-corrected chi connectivity index (χ0v) is 9.24. The lowest BCUT2D eigenvalue weighted by Crippen LogP contribution is -2.17. The van der Waals surface area contributed by atoms with E-state index in [1.807, 2.05) is 12.4 Å². The van der Waals surface area contributed by atoms with Gasteiger partial charge in [-0.15, -0.1) is 0 Å². The fraction of sp³-hybridized carbons (Fsp3) is 0.417. The lowest BCUT2D eigenvalue weighted by molar-refractivity contribution is 0.949. The van der Waals surface area contributed by atoms with Crippen molar-refractivity contribution in [1.82, 2.24) is 9.97 Å². The Morgan fingerprint density at radius 3 is 2.94 bits per heavy atom. The highest BCUT2D eigenvalue weighted by Crippen LogP contribution is 2.28. The number of pyridine rings is 1. The lowest BCUT2D eigenvalue weighted by atomic mass is 10.2. The number of aromatic nitrogens is 2. The summed E-state index contributed by atoms with van der Waals surface area (Å²) in [4.78, 5) is 10.1. The van der Waals surface area contributed by atoms with Gasteiger partial charge in [0.15, 0.2) is 0 Å². The van der Waals surface area contributed by atoms with Gasteiger partial charge in [0, 0.05) is 37.6 Å². The minimum Gasteiger partial charge on any atom is -0.370 e. The molecule has 0 bridgehead atoms. The Bertz CT molecular complexity index is 497. The van der Waals surface area contributed by atoms with Gasteiger partial charge in [-0.25, -0.2) is 0 Å². The van der Waals surface area contributed by atoms with Crippen LogP contribution in [-0.2, 0) is 6.54 Å². The van der Waals surface area contributed by atoms with Crippen molar-refractivity contribution in [2.75, 3.05) is 18.0 Å². The fourth-order valence-electron chi connectivity index (χ4n) is 2.44. The van der Waals surface area contributed by atoms with Crippen molar-refractivity contribution < 1.29 is 0 Å². The van der Waals surface area contributed by atoms with E-state index in [4.69, 9.17) is 5.73 Å². The van der Waals surface area contributed by atoms with E-state index in [1.165, 1.54) is 18.5 Å². The number of nitrogens with two attached hydrogens (primary N) is 1. The summed E-state index contributed by atoms with van der Waals surface area (Å²) in [6.45, 7) is 2.84. The summed E-state index contributed by atoms with van der Waals surface area (Å²) >= 11 is 0. The van der Waals surface area contributed by atoms with E-state index in [2.05, 4.69) is 20.9 Å². The van der Waals surface area contributed by atoms with Gasteiger partial charge >= 0.3 is 0 Å². The first-order chi connectivity index (χ1) is 7.90. The van der Waals surface area contributed by atoms with Crippen molar-refractivity contribution in [3.8, 4) is 0 Å². The maximum absolute atomic E-state index is 5.69. The van der Waals surface area contributed by atoms with Gasteiger partial charge in [0.05, 0.1) is 16.7 Å². The van der Waals surface area contributed by atoms with Crippen LogP contribution in [0.25, 0.3) is 11.0 Å². The van der Waals surface area contributed by atoms with Gasteiger partial charge in [-0.2, -0.15) is 0 Å². The van der Waals surface area contributed by atoms with Crippen molar-refractivity contribution in [1.29, 1.82) is 0 Å². The number of H-pyrrole nitrogens is 1. The maximum atomic E-state index is 5.69. The zero-order chi connectivity index (χ0) is 11.0. The summed E-state index contributed by atoms with van der Waals surface area (Å²) < 4.78 is 0. The Labute approximate surface area is 94.5 Å². The second kappa shape index (κ2) is 3.79. The molecule has 0 aliphatic carbocycles. The minimum atomic E-state index is 0.538. The smallest absolute Gasteiger partial charge is 0.0945 e. The second-order valence-corrected chi connectivity index (χ2v) is 4.27. The molecule has 4 heteroatoms. The van der Waals surface area contributed by atoms with Gasteiger partial charge in [-0.3, -0.25) is 4.98 Å². The molecule has 0 radical (unpaired) electrons. The number of nitrogens with zero attached hydrogens (tertiary/aromatic N) is 2. The van der Waals surface area contributed by atoms with Crippen LogP contribution in [0.4, 0.5) is 5.69 Å². The van der Waals surface area contributed by atoms with E-state index in [1.54, 1.807) is 0 Å². The van der Waals surface area contributed by atoms with Crippen molar-refractivity contribution in [3.63, 3.8) is 0 Å². The Morgan fingerprint density at radius 2 is 2.19 bits per heavy atom. The van der Waals surface area contributed by atoms with Crippen molar-refractivity contribution >= 4 is 16.7 Å². The maximum Gasteiger partial charge on any atom is 0.0945 e. The zero-order valence-electron chi connectivity index (χ0n) is 9.24. The molecule has 3 rings (SSSR count). The summed E-state index contributed by atoms with van der Waals surface area (Å²) in [6.07, 6.45) is 6.42. The van der Waals surface area contributed by atoms with Gasteiger partial charge in [0.2, 0.25) is 0 Å². The first-order valence-corrected chi connectivity index (χ1v) is 5.80. The molecule has 2 aromatic heterocycles. The van der Waals surface area contributed by atoms with Gasteiger partial charge in [-0.1, -0.05) is 0 Å². The molecular formula is C12H16N4. The quantitative estimate of drug-likeness (QED) is 0.802. The van der Waals surface area contributed by atoms with E-state index in [0.29, 0.717) is 6.54 Å². The lowest BCUT2D eigenvalue weighted by Gasteiger charge is -2.17. The normalized spacial score (nSPS) is 16.2. The molecule has 2 aromatic rings. The Morgan fingerprint density at radius 1 is 1.38 bits per heavy atom. The number of anilines is 1. The molecule has 84 valence electrons. The molecule has 3 heterocycles. The topological polar surface area (TPSA) is 57.9 Å². The second-order valence-electron chi connectivity index (χ2n) is 4.27. The Balaban J connectivity index is 2.13. The number of fused-ring (bicyclic) bond motifs is 1. The third kappa shape index (κ3) is 1.38. The molecule has 0 saturated carbocycles. The van der Waals surface area contributed by atoms with Crippen LogP contribution in [0.2, 0.25) is 0 Å². The predicted molar refractivity (Wildman–Crippen MR) is 65.4 cm³/mol. The molecule has 0 atom stereocenters. The third-order valence-electron chi connectivity index (χ3n) is 3.29. The number of rotatable bonds is 2. The van der Waals surface area contributed by atoms with Crippen LogP contribution in [0.5, 0.6) is 0 Å². The number of aromatic amines is 1. The molecule has 4 nitrogen and oxygen atoms in total. The van der Waals surface area contributed by atoms with E-state index in [-0.39, 0.29) is 0 Å². The highest BCUT2D eigenvalue weighted by atomic mass is 15.2. The molecule has 3 N–H and O–H groups in total. The van der Waals surface area contributed by atoms with E-state index in [0.717, 1.165) is 29.7 Å². The largest absolute Gasteiger partial charge is 0.370 e. The summed E-state index contributed by atoms with van der Waals surface area (Å²) in [7, 11) is 0. The molecule has 1 aliphatic rings. The van der Waals surface area contributed by atoms with E-state index < -0.39 is 0 Å². The van der Waals surface area contributed by atoms with Crippen LogP contribution in [0, 0.1) is 0 Å². The predicted octanol–water partition coefficient (Wildman–Crippen LogP) is 1.62. The SMILES string of the molecule is NCc1c[nH]c2c(N3CCCC3)ccnc12. The molecule has 0 amide bonds. The Kier molecular flexibility index (Phi) is 2.29. The van der Waals surface area contributed by atoms with Crippen LogP contribution in [-0.4, -0.2) is 23.1 Å². The first-order valence-electron chi connectivity index (χ1n) is 5.80. The Hall–Kier alpha value is -1.55. The summed E-state index contributed by atoms with van der Waals surface area (Å²) in [5.74, 6) is 0. The van der Waals surface area contributed by atoms with Gasteiger partial charge in [0.25, 0.3) is 0 Å². The van der Waals surface area contributed by atoms with Gasteiger partial charge < -0.3 is 15.6 Å². The molecule has 16 heavy (non-hydrogen) atoms. The van der Waals surface area contributed by atoms with Crippen LogP contribution < -0.4 is 10.6 Å². The summed E-state index contributed by atoms with van der Waals surface area (Å²) in [5.41, 5.74) is 10.2. The third-order valence-corrected chi connectivity index (χ3v) is 3.29. The first kappa shape index (κ1) is 9.66. The van der Waals surface area contributed by atoms with E-state index >= 15 is 0 Å². The monoisotopic (exact) mass is 216 g/mol. The molecule has 1 saturated heterocycles. The highest BCUT2D eigenvalue weighted by Gasteiger charge is 2.16. The fourth-order valence-corrected chi connectivity index (χ4v) is 2.44. The molecule has 0 unspecified atom stereocenters. The van der Waals surface area contributed by atoms with Crippen LogP contribution in [0.3, 0.4) is 0 Å². The van der Waals surface area contributed by atoms with Crippen molar-refractivity contribution in [3.05, 3.63) is 24.0 Å². The molecule has 0 spiro atoms. The van der Waals surface area contributed by atoms with Crippen LogP contribution >= 0.6 is 0 Å². The number of nitrogens with one attached hydrogen (secondary N) is 1. The summed E-state index contributed by atoms with van der Waals surface area (Å²) in [6, 6.07) is 2.09. The van der Waals surface area contributed by atoms with E-state index in [9.17, 15) is 0 Å². The molecule has 0 aromatic carbocycles. The van der Waals surface area contributed by atoms with Gasteiger partial charge in [-0.05, 0) is 18.9 Å². The summed E-state index contributed by atoms with van der Waals surface area (Å²) in [5, 5.41) is 0. The van der Waals surface area contributed by atoms with Gasteiger partial charge in [0.1, 0.15) is 0 Å². The van der Waals surface area contributed by atoms with Crippen molar-refractivity contribution in [2.45, 2.75) is 19.4 Å². The molecular weight excluding hydrogens is 200 g/mol. The molecule has 1 fully saturated rings. The van der Waals surface area contributed by atoms with Crippen LogP contribution in [0.1, 0.15) is 18.4 Å². The number of hydrogen-bond acceptors (Lipinski definition) is 3. The minimum absolute atomic E-state index is 0.538.